The molecule has 0 saturated heterocycles. The lowest BCUT2D eigenvalue weighted by atomic mass is 10.3. The van der Waals surface area contributed by atoms with Crippen LogP contribution in [0.15, 0.2) is 46.3 Å². The monoisotopic (exact) mass is 322 g/mol. The second kappa shape index (κ2) is 5.67. The number of hydrogen-bond acceptors (Lipinski definition) is 4. The van der Waals surface area contributed by atoms with Crippen LogP contribution in [0, 0.1) is 5.82 Å². The van der Waals surface area contributed by atoms with Crippen LogP contribution in [0.2, 0.25) is 5.02 Å². The predicted octanol–water partition coefficient (Wildman–Crippen LogP) is 4.45. The molecule has 1 amide bonds. The summed E-state index contributed by atoms with van der Waals surface area (Å²) in [6.45, 7) is 0. The molecule has 21 heavy (non-hydrogen) atoms. The molecule has 0 radical (unpaired) electrons. The van der Waals surface area contributed by atoms with E-state index < -0.39 is 11.7 Å². The first-order valence-corrected chi connectivity index (χ1v) is 7.16. The Kier molecular flexibility index (Phi) is 3.72. The molecule has 3 aromatic rings. The van der Waals surface area contributed by atoms with Crippen LogP contribution >= 0.6 is 22.9 Å². The average molecular weight is 323 g/mol. The molecule has 3 rings (SSSR count). The van der Waals surface area contributed by atoms with Gasteiger partial charge in [0.1, 0.15) is 5.82 Å². The summed E-state index contributed by atoms with van der Waals surface area (Å²) < 4.78 is 18.2. The summed E-state index contributed by atoms with van der Waals surface area (Å²) in [5, 5.41) is 8.13. The third-order valence-corrected chi connectivity index (χ3v) is 3.86. The van der Waals surface area contributed by atoms with Crippen molar-refractivity contribution in [1.29, 1.82) is 0 Å². The molecule has 0 atom stereocenters. The van der Waals surface area contributed by atoms with E-state index in [4.69, 9.17) is 16.1 Å². The number of aromatic nitrogens is 1. The largest absolute Gasteiger partial charge is 0.355 e. The Morgan fingerprint density at radius 1 is 1.33 bits per heavy atom. The maximum Gasteiger partial charge on any atom is 0.277 e. The molecule has 2 heterocycles. The van der Waals surface area contributed by atoms with Gasteiger partial charge in [0.05, 0.1) is 9.90 Å². The number of carbonyl (C=O) groups excluding carboxylic acids is 1. The topological polar surface area (TPSA) is 55.1 Å². The van der Waals surface area contributed by atoms with Gasteiger partial charge in [-0.3, -0.25) is 4.79 Å². The van der Waals surface area contributed by atoms with Gasteiger partial charge in [0.2, 0.25) is 0 Å². The molecule has 0 aliphatic heterocycles. The molecule has 0 fully saturated rings. The van der Waals surface area contributed by atoms with Crippen LogP contribution in [0.4, 0.5) is 10.1 Å². The smallest absolute Gasteiger partial charge is 0.277 e. The lowest BCUT2D eigenvalue weighted by Crippen LogP contribution is -2.12. The van der Waals surface area contributed by atoms with E-state index in [1.807, 2.05) is 17.5 Å². The van der Waals surface area contributed by atoms with Gasteiger partial charge in [-0.1, -0.05) is 22.8 Å². The molecule has 7 heteroatoms. The Bertz CT molecular complexity index is 786. The summed E-state index contributed by atoms with van der Waals surface area (Å²) >= 11 is 7.14. The number of amides is 1. The van der Waals surface area contributed by atoms with Crippen molar-refractivity contribution in [3.05, 3.63) is 58.3 Å². The summed E-state index contributed by atoms with van der Waals surface area (Å²) in [6, 6.07) is 9.22. The number of rotatable bonds is 3. The Morgan fingerprint density at radius 2 is 2.19 bits per heavy atom. The first kappa shape index (κ1) is 13.8. The van der Waals surface area contributed by atoms with Gasteiger partial charge >= 0.3 is 0 Å². The normalized spacial score (nSPS) is 10.6. The minimum atomic E-state index is -0.545. The molecule has 2 aromatic heterocycles. The Hall–Kier alpha value is -2.18. The van der Waals surface area contributed by atoms with Crippen molar-refractivity contribution in [2.45, 2.75) is 0 Å². The minimum Gasteiger partial charge on any atom is -0.355 e. The number of carbonyl (C=O) groups is 1. The van der Waals surface area contributed by atoms with Crippen molar-refractivity contribution in [2.24, 2.45) is 0 Å². The Balaban J connectivity index is 1.78. The van der Waals surface area contributed by atoms with E-state index in [1.165, 1.54) is 29.5 Å². The van der Waals surface area contributed by atoms with Gasteiger partial charge in [0.15, 0.2) is 11.5 Å². The molecule has 4 nitrogen and oxygen atoms in total. The molecule has 0 spiro atoms. The van der Waals surface area contributed by atoms with Crippen LogP contribution in [-0.4, -0.2) is 11.1 Å². The highest BCUT2D eigenvalue weighted by atomic mass is 35.5. The summed E-state index contributed by atoms with van der Waals surface area (Å²) in [5.41, 5.74) is 0.519. The van der Waals surface area contributed by atoms with Crippen LogP contribution in [0.5, 0.6) is 0 Å². The number of hydrogen-bond donors (Lipinski definition) is 1. The van der Waals surface area contributed by atoms with Gasteiger partial charge in [0, 0.05) is 11.8 Å². The van der Waals surface area contributed by atoms with Gasteiger partial charge < -0.3 is 9.84 Å². The first-order chi connectivity index (χ1) is 10.1. The molecule has 1 N–H and O–H groups in total. The fourth-order valence-electron chi connectivity index (χ4n) is 1.69. The third kappa shape index (κ3) is 2.96. The number of benzene rings is 1. The zero-order valence-corrected chi connectivity index (χ0v) is 12.0. The van der Waals surface area contributed by atoms with Crippen LogP contribution in [0.3, 0.4) is 0 Å². The van der Waals surface area contributed by atoms with Crippen LogP contribution < -0.4 is 5.32 Å². The van der Waals surface area contributed by atoms with Crippen LogP contribution in [0.25, 0.3) is 10.6 Å². The summed E-state index contributed by atoms with van der Waals surface area (Å²) in [4.78, 5) is 12.9. The van der Waals surface area contributed by atoms with E-state index in [1.54, 1.807) is 6.07 Å². The molecule has 0 aliphatic rings. The van der Waals surface area contributed by atoms with Crippen molar-refractivity contribution in [3.63, 3.8) is 0 Å². The molecule has 0 bridgehead atoms. The van der Waals surface area contributed by atoms with Gasteiger partial charge in [-0.05, 0) is 29.6 Å². The Morgan fingerprint density at radius 3 is 2.90 bits per heavy atom. The van der Waals surface area contributed by atoms with Gasteiger partial charge in [-0.25, -0.2) is 4.39 Å². The summed E-state index contributed by atoms with van der Waals surface area (Å²) in [7, 11) is 0. The zero-order valence-electron chi connectivity index (χ0n) is 10.5. The van der Waals surface area contributed by atoms with Crippen molar-refractivity contribution in [1.82, 2.24) is 5.16 Å². The predicted molar refractivity (Wildman–Crippen MR) is 79.2 cm³/mol. The van der Waals surface area contributed by atoms with Crippen molar-refractivity contribution < 1.29 is 13.7 Å². The SMILES string of the molecule is O=C(Nc1ccc(F)c(Cl)c1)c1cc(-c2cccs2)on1. The highest BCUT2D eigenvalue weighted by Crippen LogP contribution is 2.25. The first-order valence-electron chi connectivity index (χ1n) is 5.90. The summed E-state index contributed by atoms with van der Waals surface area (Å²) in [6.07, 6.45) is 0. The average Bonchev–Trinajstić information content (AvgIpc) is 3.12. The number of thiophene rings is 1. The van der Waals surface area contributed by atoms with Crippen LogP contribution in [-0.2, 0) is 0 Å². The van der Waals surface area contributed by atoms with Gasteiger partial charge in [0.25, 0.3) is 5.91 Å². The van der Waals surface area contributed by atoms with E-state index in [2.05, 4.69) is 10.5 Å². The number of halogens is 2. The summed E-state index contributed by atoms with van der Waals surface area (Å²) in [5.74, 6) is -0.479. The van der Waals surface area contributed by atoms with E-state index in [-0.39, 0.29) is 10.7 Å². The second-order valence-corrected chi connectivity index (χ2v) is 5.49. The quantitative estimate of drug-likeness (QED) is 0.775. The lowest BCUT2D eigenvalue weighted by Gasteiger charge is -2.03. The Labute approximate surface area is 128 Å². The number of nitrogens with one attached hydrogen (secondary N) is 1. The molecular weight excluding hydrogens is 315 g/mol. The minimum absolute atomic E-state index is 0.0628. The third-order valence-electron chi connectivity index (χ3n) is 2.68. The van der Waals surface area contributed by atoms with Gasteiger partial charge in [-0.2, -0.15) is 0 Å². The molecule has 0 aliphatic carbocycles. The van der Waals surface area contributed by atoms with Crippen molar-refractivity contribution >= 4 is 34.5 Å². The fraction of sp³-hybridized carbons (Fsp3) is 0. The zero-order chi connectivity index (χ0) is 14.8. The molecular formula is C14H8ClFN2O2S. The lowest BCUT2D eigenvalue weighted by molar-refractivity contribution is 0.101. The molecule has 0 unspecified atom stereocenters. The van der Waals surface area contributed by atoms with Crippen molar-refractivity contribution in [2.75, 3.05) is 5.32 Å². The molecule has 1 aromatic carbocycles. The van der Waals surface area contributed by atoms with E-state index >= 15 is 0 Å². The second-order valence-electron chi connectivity index (χ2n) is 4.14. The van der Waals surface area contributed by atoms with Gasteiger partial charge in [-0.15, -0.1) is 11.3 Å². The van der Waals surface area contributed by atoms with E-state index in [9.17, 15) is 9.18 Å². The van der Waals surface area contributed by atoms with E-state index in [0.717, 1.165) is 4.88 Å². The maximum absolute atomic E-state index is 13.0. The molecule has 0 saturated carbocycles. The highest BCUT2D eigenvalue weighted by molar-refractivity contribution is 7.13. The number of anilines is 1. The van der Waals surface area contributed by atoms with E-state index in [0.29, 0.717) is 11.4 Å². The highest BCUT2D eigenvalue weighted by Gasteiger charge is 2.15. The van der Waals surface area contributed by atoms with Crippen LogP contribution in [0.1, 0.15) is 10.5 Å². The van der Waals surface area contributed by atoms with Crippen molar-refractivity contribution in [3.8, 4) is 10.6 Å². The molecule has 106 valence electrons. The standard InChI is InChI=1S/C14H8ClFN2O2S/c15-9-6-8(3-4-10(9)16)17-14(19)11-7-12(20-18-11)13-2-1-5-21-13/h1-7H,(H,17,19). The number of nitrogens with zero attached hydrogens (tertiary/aromatic N) is 1. The maximum atomic E-state index is 13.0. The fourth-order valence-corrected chi connectivity index (χ4v) is 2.54.